The Labute approximate surface area is 170 Å². The zero-order chi connectivity index (χ0) is 20.4. The number of sulfonamides is 1. The fraction of sp³-hybridized carbons (Fsp3) is 0.333. The van der Waals surface area contributed by atoms with E-state index in [1.165, 1.54) is 12.1 Å². The second-order valence-electron chi connectivity index (χ2n) is 7.39. The molecule has 0 atom stereocenters. The van der Waals surface area contributed by atoms with Crippen molar-refractivity contribution >= 4 is 27.5 Å². The Hall–Kier alpha value is -2.87. The van der Waals surface area contributed by atoms with E-state index in [9.17, 15) is 18.0 Å². The van der Waals surface area contributed by atoms with Gasteiger partial charge in [-0.2, -0.15) is 0 Å². The van der Waals surface area contributed by atoms with Gasteiger partial charge < -0.3 is 9.80 Å². The third-order valence-electron chi connectivity index (χ3n) is 5.24. The Morgan fingerprint density at radius 2 is 1.41 bits per heavy atom. The Balaban J connectivity index is 1.36. The first kappa shape index (κ1) is 19.4. The van der Waals surface area contributed by atoms with E-state index >= 15 is 0 Å². The van der Waals surface area contributed by atoms with E-state index < -0.39 is 10.0 Å². The maximum Gasteiger partial charge on any atom is 0.261 e. The molecule has 1 heterocycles. The highest BCUT2D eigenvalue weighted by Crippen LogP contribution is 2.31. The van der Waals surface area contributed by atoms with E-state index in [0.717, 1.165) is 12.8 Å². The number of carbonyl (C=O) groups excluding carboxylic acids is 2. The van der Waals surface area contributed by atoms with Crippen LogP contribution in [0, 0.1) is 5.92 Å². The molecular formula is C21H23N3O4S. The molecular weight excluding hydrogens is 390 g/mol. The number of rotatable bonds is 5. The number of benzene rings is 2. The van der Waals surface area contributed by atoms with Crippen molar-refractivity contribution < 1.29 is 18.0 Å². The molecule has 0 bridgehead atoms. The lowest BCUT2D eigenvalue weighted by Gasteiger charge is -2.35. The summed E-state index contributed by atoms with van der Waals surface area (Å²) in [5.74, 6) is 0.303. The molecule has 2 aromatic rings. The lowest BCUT2D eigenvalue weighted by atomic mass is 10.1. The van der Waals surface area contributed by atoms with Gasteiger partial charge in [-0.15, -0.1) is 0 Å². The topological polar surface area (TPSA) is 86.8 Å². The van der Waals surface area contributed by atoms with Crippen LogP contribution in [-0.4, -0.2) is 56.2 Å². The summed E-state index contributed by atoms with van der Waals surface area (Å²) in [4.78, 5) is 28.6. The highest BCUT2D eigenvalue weighted by atomic mass is 32.2. The molecule has 2 amide bonds. The molecule has 1 aliphatic carbocycles. The van der Waals surface area contributed by atoms with Crippen molar-refractivity contribution in [2.75, 3.05) is 30.9 Å². The fourth-order valence-electron chi connectivity index (χ4n) is 3.40. The molecule has 4 rings (SSSR count). The second-order valence-corrected chi connectivity index (χ2v) is 9.07. The number of hydrogen-bond donors (Lipinski definition) is 1. The normalized spacial score (nSPS) is 17.1. The van der Waals surface area contributed by atoms with Gasteiger partial charge in [0.2, 0.25) is 5.91 Å². The van der Waals surface area contributed by atoms with Gasteiger partial charge in [0, 0.05) is 43.3 Å². The number of anilines is 1. The summed E-state index contributed by atoms with van der Waals surface area (Å²) in [6, 6.07) is 14.5. The average molecular weight is 413 g/mol. The largest absolute Gasteiger partial charge is 0.339 e. The summed E-state index contributed by atoms with van der Waals surface area (Å²) in [5.41, 5.74) is 0.889. The molecule has 2 aromatic carbocycles. The Morgan fingerprint density at radius 1 is 0.828 bits per heavy atom. The molecule has 1 N–H and O–H groups in total. The van der Waals surface area contributed by atoms with E-state index in [4.69, 9.17) is 0 Å². The van der Waals surface area contributed by atoms with Gasteiger partial charge in [0.05, 0.1) is 4.90 Å². The number of piperazine rings is 1. The van der Waals surface area contributed by atoms with E-state index in [1.54, 1.807) is 47.4 Å². The first-order valence-corrected chi connectivity index (χ1v) is 11.2. The SMILES string of the molecule is O=C(c1ccc(NS(=O)(=O)c2ccccc2)cc1)N1CCN(C(=O)C2CC2)CC1. The molecule has 1 aliphatic heterocycles. The predicted molar refractivity (Wildman–Crippen MR) is 109 cm³/mol. The molecule has 0 radical (unpaired) electrons. The third-order valence-corrected chi connectivity index (χ3v) is 6.64. The van der Waals surface area contributed by atoms with Crippen LogP contribution in [0.15, 0.2) is 59.5 Å². The first-order valence-electron chi connectivity index (χ1n) is 9.70. The standard InChI is InChI=1S/C21H23N3O4S/c25-20(16-6-7-16)23-12-14-24(15-13-23)21(26)17-8-10-18(11-9-17)22-29(27,28)19-4-2-1-3-5-19/h1-5,8-11,16,22H,6-7,12-15H2. The Bertz CT molecular complexity index is 994. The van der Waals surface area contributed by atoms with Crippen molar-refractivity contribution in [2.45, 2.75) is 17.7 Å². The number of amides is 2. The maximum atomic E-state index is 12.7. The molecule has 2 fully saturated rings. The van der Waals surface area contributed by atoms with Crippen molar-refractivity contribution in [1.82, 2.24) is 9.80 Å². The molecule has 0 aromatic heterocycles. The van der Waals surface area contributed by atoms with Crippen LogP contribution in [0.3, 0.4) is 0 Å². The molecule has 0 unspecified atom stereocenters. The molecule has 8 heteroatoms. The van der Waals surface area contributed by atoms with E-state index in [0.29, 0.717) is 37.4 Å². The van der Waals surface area contributed by atoms with Gasteiger partial charge in [-0.25, -0.2) is 8.42 Å². The summed E-state index contributed by atoms with van der Waals surface area (Å²) in [6.45, 7) is 2.16. The molecule has 152 valence electrons. The smallest absolute Gasteiger partial charge is 0.261 e. The number of nitrogens with zero attached hydrogens (tertiary/aromatic N) is 2. The third kappa shape index (κ3) is 4.42. The van der Waals surface area contributed by atoms with Crippen LogP contribution in [-0.2, 0) is 14.8 Å². The average Bonchev–Trinajstić information content (AvgIpc) is 3.59. The Kier molecular flexibility index (Phi) is 5.27. The highest BCUT2D eigenvalue weighted by Gasteiger charge is 2.35. The predicted octanol–water partition coefficient (Wildman–Crippen LogP) is 2.18. The second kappa shape index (κ2) is 7.87. The summed E-state index contributed by atoms with van der Waals surface area (Å²) < 4.78 is 27.3. The fourth-order valence-corrected chi connectivity index (χ4v) is 4.48. The first-order chi connectivity index (χ1) is 13.9. The van der Waals surface area contributed by atoms with Gasteiger partial charge >= 0.3 is 0 Å². The number of carbonyl (C=O) groups is 2. The minimum absolute atomic E-state index is 0.110. The minimum atomic E-state index is -3.67. The van der Waals surface area contributed by atoms with Crippen LogP contribution in [0.5, 0.6) is 0 Å². The number of hydrogen-bond acceptors (Lipinski definition) is 4. The maximum absolute atomic E-state index is 12.7. The highest BCUT2D eigenvalue weighted by molar-refractivity contribution is 7.92. The van der Waals surface area contributed by atoms with Crippen molar-refractivity contribution in [3.8, 4) is 0 Å². The van der Waals surface area contributed by atoms with E-state index in [1.807, 2.05) is 4.90 Å². The van der Waals surface area contributed by atoms with Crippen molar-refractivity contribution in [3.63, 3.8) is 0 Å². The number of nitrogens with one attached hydrogen (secondary N) is 1. The summed E-state index contributed by atoms with van der Waals surface area (Å²) in [7, 11) is -3.67. The van der Waals surface area contributed by atoms with Gasteiger partial charge in [0.15, 0.2) is 0 Å². The van der Waals surface area contributed by atoms with Crippen LogP contribution < -0.4 is 4.72 Å². The van der Waals surface area contributed by atoms with Gasteiger partial charge in [-0.1, -0.05) is 18.2 Å². The zero-order valence-electron chi connectivity index (χ0n) is 16.0. The quantitative estimate of drug-likeness (QED) is 0.814. The summed E-state index contributed by atoms with van der Waals surface area (Å²) >= 11 is 0. The van der Waals surface area contributed by atoms with Crippen molar-refractivity contribution in [1.29, 1.82) is 0 Å². The minimum Gasteiger partial charge on any atom is -0.339 e. The van der Waals surface area contributed by atoms with Crippen LogP contribution in [0.1, 0.15) is 23.2 Å². The zero-order valence-corrected chi connectivity index (χ0v) is 16.8. The molecule has 29 heavy (non-hydrogen) atoms. The molecule has 1 saturated carbocycles. The van der Waals surface area contributed by atoms with Crippen molar-refractivity contribution in [2.24, 2.45) is 5.92 Å². The van der Waals surface area contributed by atoms with Crippen LogP contribution >= 0.6 is 0 Å². The van der Waals surface area contributed by atoms with Gasteiger partial charge in [0.1, 0.15) is 0 Å². The molecule has 1 saturated heterocycles. The van der Waals surface area contributed by atoms with Gasteiger partial charge in [-0.3, -0.25) is 14.3 Å². The lowest BCUT2D eigenvalue weighted by Crippen LogP contribution is -2.51. The van der Waals surface area contributed by atoms with Crippen molar-refractivity contribution in [3.05, 3.63) is 60.2 Å². The summed E-state index contributed by atoms with van der Waals surface area (Å²) in [5, 5.41) is 0. The summed E-state index contributed by atoms with van der Waals surface area (Å²) in [6.07, 6.45) is 1.97. The van der Waals surface area contributed by atoms with E-state index in [2.05, 4.69) is 4.72 Å². The van der Waals surface area contributed by atoms with Gasteiger partial charge in [-0.05, 0) is 49.2 Å². The van der Waals surface area contributed by atoms with E-state index in [-0.39, 0.29) is 22.6 Å². The molecule has 0 spiro atoms. The molecule has 7 nitrogen and oxygen atoms in total. The molecule has 2 aliphatic rings. The monoisotopic (exact) mass is 413 g/mol. The Morgan fingerprint density at radius 3 is 2.00 bits per heavy atom. The van der Waals surface area contributed by atoms with Gasteiger partial charge in [0.25, 0.3) is 15.9 Å². The lowest BCUT2D eigenvalue weighted by molar-refractivity contribution is -0.134. The van der Waals surface area contributed by atoms with Crippen LogP contribution in [0.4, 0.5) is 5.69 Å². The van der Waals surface area contributed by atoms with Crippen LogP contribution in [0.25, 0.3) is 0 Å². The van der Waals surface area contributed by atoms with Crippen LogP contribution in [0.2, 0.25) is 0 Å².